The summed E-state index contributed by atoms with van der Waals surface area (Å²) < 4.78 is 0. The molecule has 2 nitrogen and oxygen atoms in total. The molecule has 0 aliphatic carbocycles. The van der Waals surface area contributed by atoms with Gasteiger partial charge >= 0.3 is 0 Å². The van der Waals surface area contributed by atoms with Crippen LogP contribution in [-0.2, 0) is 0 Å². The zero-order valence-electron chi connectivity index (χ0n) is 10.1. The first kappa shape index (κ1) is 11.4. The highest BCUT2D eigenvalue weighted by molar-refractivity contribution is 7.10. The van der Waals surface area contributed by atoms with Crippen LogP contribution in [-0.4, -0.2) is 12.0 Å². The molecule has 0 spiro atoms. The number of hydrogen-bond acceptors (Lipinski definition) is 3. The van der Waals surface area contributed by atoms with Crippen molar-refractivity contribution in [3.05, 3.63) is 64.6 Å². The molecule has 1 atom stereocenters. The van der Waals surface area contributed by atoms with Gasteiger partial charge in [-0.2, -0.15) is 0 Å². The van der Waals surface area contributed by atoms with Crippen LogP contribution in [0.1, 0.15) is 16.5 Å². The van der Waals surface area contributed by atoms with Gasteiger partial charge in [-0.05, 0) is 35.5 Å². The molecule has 3 aromatic rings. The van der Waals surface area contributed by atoms with Crippen LogP contribution in [0.4, 0.5) is 0 Å². The zero-order chi connectivity index (χ0) is 12.4. The summed E-state index contributed by atoms with van der Waals surface area (Å²) in [5.41, 5.74) is 1.31. The highest BCUT2D eigenvalue weighted by atomic mass is 32.1. The maximum Gasteiger partial charge on any atom is 0.0674 e. The van der Waals surface area contributed by atoms with Crippen molar-refractivity contribution in [2.45, 2.75) is 6.04 Å². The van der Waals surface area contributed by atoms with Crippen molar-refractivity contribution in [3.63, 3.8) is 0 Å². The number of thiophene rings is 1. The van der Waals surface area contributed by atoms with E-state index in [1.807, 2.05) is 19.4 Å². The van der Waals surface area contributed by atoms with Crippen LogP contribution in [0.25, 0.3) is 10.8 Å². The Labute approximate surface area is 110 Å². The van der Waals surface area contributed by atoms with Crippen LogP contribution in [0.3, 0.4) is 0 Å². The summed E-state index contributed by atoms with van der Waals surface area (Å²) >= 11 is 1.78. The zero-order valence-corrected chi connectivity index (χ0v) is 10.9. The Balaban J connectivity index is 2.18. The molecule has 1 aromatic carbocycles. The second-order valence-corrected chi connectivity index (χ2v) is 5.16. The van der Waals surface area contributed by atoms with E-state index in [-0.39, 0.29) is 6.04 Å². The molecule has 3 heteroatoms. The van der Waals surface area contributed by atoms with E-state index in [1.165, 1.54) is 21.2 Å². The van der Waals surface area contributed by atoms with Crippen LogP contribution < -0.4 is 5.32 Å². The van der Waals surface area contributed by atoms with Crippen molar-refractivity contribution in [1.82, 2.24) is 10.3 Å². The lowest BCUT2D eigenvalue weighted by molar-refractivity contribution is 0.709. The van der Waals surface area contributed by atoms with E-state index in [9.17, 15) is 0 Å². The molecule has 0 saturated heterocycles. The van der Waals surface area contributed by atoms with E-state index < -0.39 is 0 Å². The Kier molecular flexibility index (Phi) is 3.09. The van der Waals surface area contributed by atoms with Crippen molar-refractivity contribution in [2.75, 3.05) is 7.05 Å². The Morgan fingerprint density at radius 3 is 2.89 bits per heavy atom. The minimum atomic E-state index is 0.246. The first-order valence-electron chi connectivity index (χ1n) is 5.93. The fourth-order valence-corrected chi connectivity index (χ4v) is 3.16. The van der Waals surface area contributed by atoms with Crippen LogP contribution in [0.15, 0.2) is 54.2 Å². The van der Waals surface area contributed by atoms with Crippen molar-refractivity contribution >= 4 is 22.1 Å². The largest absolute Gasteiger partial charge is 0.309 e. The molecule has 90 valence electrons. The molecular weight excluding hydrogens is 240 g/mol. The number of nitrogens with zero attached hydrogens (tertiary/aromatic N) is 1. The third-order valence-corrected chi connectivity index (χ3v) is 4.08. The van der Waals surface area contributed by atoms with E-state index >= 15 is 0 Å². The first-order chi connectivity index (χ1) is 8.90. The van der Waals surface area contributed by atoms with Crippen LogP contribution in [0.2, 0.25) is 0 Å². The average molecular weight is 254 g/mol. The molecule has 3 rings (SSSR count). The molecule has 1 unspecified atom stereocenters. The van der Waals surface area contributed by atoms with Gasteiger partial charge in [0.05, 0.1) is 6.04 Å². The maximum absolute atomic E-state index is 4.18. The molecule has 2 aromatic heterocycles. The summed E-state index contributed by atoms with van der Waals surface area (Å²) in [6, 6.07) is 13.0. The van der Waals surface area contributed by atoms with E-state index in [1.54, 1.807) is 11.3 Å². The fraction of sp³-hybridized carbons (Fsp3) is 0.133. The first-order valence-corrected chi connectivity index (χ1v) is 6.81. The van der Waals surface area contributed by atoms with E-state index in [0.29, 0.717) is 0 Å². The average Bonchev–Trinajstić information content (AvgIpc) is 2.94. The van der Waals surface area contributed by atoms with Gasteiger partial charge in [-0.1, -0.05) is 24.3 Å². The van der Waals surface area contributed by atoms with Gasteiger partial charge < -0.3 is 5.32 Å². The topological polar surface area (TPSA) is 24.9 Å². The van der Waals surface area contributed by atoms with Crippen LogP contribution in [0.5, 0.6) is 0 Å². The van der Waals surface area contributed by atoms with Gasteiger partial charge in [0.2, 0.25) is 0 Å². The van der Waals surface area contributed by atoms with Crippen molar-refractivity contribution in [2.24, 2.45) is 0 Å². The minimum Gasteiger partial charge on any atom is -0.309 e. The number of nitrogens with one attached hydrogen (secondary N) is 1. The molecule has 0 aliphatic rings. The Morgan fingerprint density at radius 1 is 1.17 bits per heavy atom. The minimum absolute atomic E-state index is 0.246. The number of pyridine rings is 1. The maximum atomic E-state index is 4.18. The monoisotopic (exact) mass is 254 g/mol. The number of aromatic nitrogens is 1. The second-order valence-electron chi connectivity index (χ2n) is 4.18. The predicted octanol–water partition coefficient (Wildman–Crippen LogP) is 3.61. The molecule has 18 heavy (non-hydrogen) atoms. The molecule has 0 fully saturated rings. The van der Waals surface area contributed by atoms with Gasteiger partial charge in [-0.15, -0.1) is 11.3 Å². The molecule has 0 radical (unpaired) electrons. The van der Waals surface area contributed by atoms with Crippen LogP contribution >= 0.6 is 11.3 Å². The van der Waals surface area contributed by atoms with E-state index in [0.717, 1.165) is 0 Å². The number of rotatable bonds is 3. The summed E-state index contributed by atoms with van der Waals surface area (Å²) in [4.78, 5) is 5.52. The SMILES string of the molecule is CNC(c1cccs1)c1cccc2cnccc12. The summed E-state index contributed by atoms with van der Waals surface area (Å²) in [5, 5.41) is 7.97. The third kappa shape index (κ3) is 1.92. The summed E-state index contributed by atoms with van der Waals surface area (Å²) in [6.07, 6.45) is 3.77. The highest BCUT2D eigenvalue weighted by Crippen LogP contribution is 2.30. The van der Waals surface area contributed by atoms with E-state index in [4.69, 9.17) is 0 Å². The molecule has 0 saturated carbocycles. The summed E-state index contributed by atoms with van der Waals surface area (Å²) in [6.45, 7) is 0. The lowest BCUT2D eigenvalue weighted by Crippen LogP contribution is -2.16. The molecule has 0 amide bonds. The summed E-state index contributed by atoms with van der Waals surface area (Å²) in [5.74, 6) is 0. The Bertz CT molecular complexity index is 641. The lowest BCUT2D eigenvalue weighted by Gasteiger charge is -2.17. The number of hydrogen-bond donors (Lipinski definition) is 1. The number of fused-ring (bicyclic) bond motifs is 1. The van der Waals surface area contributed by atoms with Gasteiger partial charge in [0.15, 0.2) is 0 Å². The van der Waals surface area contributed by atoms with Crippen molar-refractivity contribution in [3.8, 4) is 0 Å². The van der Waals surface area contributed by atoms with Gasteiger partial charge in [0.25, 0.3) is 0 Å². The highest BCUT2D eigenvalue weighted by Gasteiger charge is 2.15. The van der Waals surface area contributed by atoms with Crippen molar-refractivity contribution < 1.29 is 0 Å². The van der Waals surface area contributed by atoms with Gasteiger partial charge in [-0.25, -0.2) is 0 Å². The molecule has 0 bridgehead atoms. The molecule has 2 heterocycles. The van der Waals surface area contributed by atoms with E-state index in [2.05, 4.69) is 52.1 Å². The standard InChI is InChI=1S/C15H14N2S/c1-16-15(14-6-3-9-18-14)13-5-2-4-11-10-17-8-7-12(11)13/h2-10,15-16H,1H3. The Hall–Kier alpha value is -1.71. The lowest BCUT2D eigenvalue weighted by atomic mass is 9.99. The molecule has 0 aliphatic heterocycles. The predicted molar refractivity (Wildman–Crippen MR) is 77.0 cm³/mol. The molecule has 1 N–H and O–H groups in total. The summed E-state index contributed by atoms with van der Waals surface area (Å²) in [7, 11) is 2.00. The number of benzene rings is 1. The fourth-order valence-electron chi connectivity index (χ4n) is 2.31. The van der Waals surface area contributed by atoms with Gasteiger partial charge in [0, 0.05) is 22.7 Å². The van der Waals surface area contributed by atoms with Gasteiger partial charge in [-0.3, -0.25) is 4.98 Å². The van der Waals surface area contributed by atoms with Crippen molar-refractivity contribution in [1.29, 1.82) is 0 Å². The quantitative estimate of drug-likeness (QED) is 0.772. The molecular formula is C15H14N2S. The van der Waals surface area contributed by atoms with Crippen LogP contribution in [0, 0.1) is 0 Å². The smallest absolute Gasteiger partial charge is 0.0674 e. The normalized spacial score (nSPS) is 12.7. The van der Waals surface area contributed by atoms with Gasteiger partial charge in [0.1, 0.15) is 0 Å². The second kappa shape index (κ2) is 4.88. The Morgan fingerprint density at radius 2 is 2.11 bits per heavy atom. The third-order valence-electron chi connectivity index (χ3n) is 3.14.